The zero-order valence-corrected chi connectivity index (χ0v) is 36.9. The second-order valence-corrected chi connectivity index (χ2v) is 16.2. The summed E-state index contributed by atoms with van der Waals surface area (Å²) in [5, 5.41) is 21.4. The zero-order valence-electron chi connectivity index (χ0n) is 36.9. The van der Waals surface area contributed by atoms with E-state index in [1.165, 1.54) is 199 Å². The first-order valence-electron chi connectivity index (χ1n) is 23.8. The second kappa shape index (κ2) is 45.9. The van der Waals surface area contributed by atoms with Gasteiger partial charge >= 0.3 is 0 Å². The summed E-state index contributed by atoms with van der Waals surface area (Å²) in [6.07, 6.45) is 45.6. The molecule has 328 valence electrons. The number of anilines is 1. The van der Waals surface area contributed by atoms with Gasteiger partial charge in [0.05, 0.1) is 45.1 Å². The van der Waals surface area contributed by atoms with E-state index in [2.05, 4.69) is 29.0 Å². The quantitative estimate of drug-likeness (QED) is 0.0385. The van der Waals surface area contributed by atoms with Crippen LogP contribution in [0, 0.1) is 6.57 Å². The highest BCUT2D eigenvalue weighted by Crippen LogP contribution is 2.16. The smallest absolute Gasteiger partial charge is 0.205 e. The fourth-order valence-corrected chi connectivity index (χ4v) is 6.90. The lowest BCUT2D eigenvalue weighted by atomic mass is 10.0. The monoisotopic (exact) mass is 789 g/mol. The summed E-state index contributed by atoms with van der Waals surface area (Å²) < 4.78 is 11.1. The summed E-state index contributed by atoms with van der Waals surface area (Å²) in [6.45, 7) is 14.0. The van der Waals surface area contributed by atoms with Crippen molar-refractivity contribution in [2.45, 2.75) is 231 Å². The number of pyridine rings is 1. The molecular formula is C48H92N4O4. The van der Waals surface area contributed by atoms with E-state index < -0.39 is 0 Å². The van der Waals surface area contributed by atoms with Crippen LogP contribution < -0.4 is 11.1 Å². The van der Waals surface area contributed by atoms with Crippen LogP contribution >= 0.6 is 0 Å². The Labute approximate surface area is 347 Å². The molecule has 8 heteroatoms. The third-order valence-electron chi connectivity index (χ3n) is 10.6. The van der Waals surface area contributed by atoms with E-state index in [-0.39, 0.29) is 25.3 Å². The third kappa shape index (κ3) is 40.4. The number of aliphatic hydroxyl groups excluding tert-OH is 2. The Balaban J connectivity index is 0.00000113. The standard InChI is InChI=1S/C27H47N3O2.C21H45NO2/c1-3-4-5-6-7-8-9-10-11-12-13-14-15-16-17-18-21-32-24-26(23-31)30-27-20-19-25(28-2)22-29-27;1-2-3-4-5-6-7-8-9-10-11-12-13-14-15-16-17-18-24-20-21(22)19-23/h19-20,22,26,31H,3-18,21,23-24H2,1H3,(H,29,30);21,23H,2-20,22H2,1H3/t26-;21-/m00/s1. The van der Waals surface area contributed by atoms with Crippen LogP contribution in [0.2, 0.25) is 0 Å². The van der Waals surface area contributed by atoms with Crippen LogP contribution in [-0.2, 0) is 9.47 Å². The minimum Gasteiger partial charge on any atom is -0.395 e. The van der Waals surface area contributed by atoms with Gasteiger partial charge in [-0.1, -0.05) is 213 Å². The van der Waals surface area contributed by atoms with Crippen molar-refractivity contribution in [3.8, 4) is 0 Å². The van der Waals surface area contributed by atoms with Crippen molar-refractivity contribution < 1.29 is 19.7 Å². The van der Waals surface area contributed by atoms with Gasteiger partial charge in [-0.15, -0.1) is 0 Å². The minimum atomic E-state index is -0.217. The van der Waals surface area contributed by atoms with Crippen molar-refractivity contribution in [2.75, 3.05) is 45.0 Å². The molecule has 1 rings (SSSR count). The predicted molar refractivity (Wildman–Crippen MR) is 241 cm³/mol. The van der Waals surface area contributed by atoms with Gasteiger partial charge in [0.1, 0.15) is 5.82 Å². The van der Waals surface area contributed by atoms with Crippen LogP contribution in [0.3, 0.4) is 0 Å². The number of hydrogen-bond acceptors (Lipinski definition) is 7. The first-order chi connectivity index (χ1) is 27.6. The molecule has 0 saturated carbocycles. The summed E-state index contributed by atoms with van der Waals surface area (Å²) in [5.74, 6) is 0.655. The number of rotatable bonds is 42. The van der Waals surface area contributed by atoms with Crippen LogP contribution in [0.1, 0.15) is 219 Å². The lowest BCUT2D eigenvalue weighted by Crippen LogP contribution is -2.30. The molecule has 8 nitrogen and oxygen atoms in total. The van der Waals surface area contributed by atoms with Crippen molar-refractivity contribution in [2.24, 2.45) is 5.73 Å². The van der Waals surface area contributed by atoms with Crippen molar-refractivity contribution in [3.63, 3.8) is 0 Å². The van der Waals surface area contributed by atoms with Gasteiger partial charge in [0.2, 0.25) is 5.69 Å². The normalized spacial score (nSPS) is 12.2. The van der Waals surface area contributed by atoms with Gasteiger partial charge in [-0.25, -0.2) is 4.85 Å². The third-order valence-corrected chi connectivity index (χ3v) is 10.6. The van der Waals surface area contributed by atoms with Gasteiger partial charge < -0.3 is 30.7 Å². The molecule has 0 aromatic carbocycles. The molecular weight excluding hydrogens is 697 g/mol. The number of aliphatic hydroxyl groups is 2. The van der Waals surface area contributed by atoms with Gasteiger partial charge in [-0.3, -0.25) is 4.98 Å². The molecule has 56 heavy (non-hydrogen) atoms. The molecule has 1 aromatic heterocycles. The van der Waals surface area contributed by atoms with Crippen LogP contribution in [0.4, 0.5) is 11.5 Å². The Hall–Kier alpha value is -1.76. The fourth-order valence-electron chi connectivity index (χ4n) is 6.90. The lowest BCUT2D eigenvalue weighted by molar-refractivity contribution is 0.0980. The van der Waals surface area contributed by atoms with Crippen LogP contribution in [0.15, 0.2) is 18.3 Å². The largest absolute Gasteiger partial charge is 0.395 e. The molecule has 1 heterocycles. The zero-order chi connectivity index (χ0) is 40.8. The fraction of sp³-hybridized carbons (Fsp3) is 0.875. The van der Waals surface area contributed by atoms with Gasteiger partial charge in [-0.2, -0.15) is 0 Å². The van der Waals surface area contributed by atoms with Crippen LogP contribution in [0.25, 0.3) is 4.85 Å². The molecule has 0 saturated heterocycles. The van der Waals surface area contributed by atoms with Crippen molar-refractivity contribution in [3.05, 3.63) is 29.7 Å². The summed E-state index contributed by atoms with van der Waals surface area (Å²) in [4.78, 5) is 7.50. The number of ether oxygens (including phenoxy) is 2. The maximum Gasteiger partial charge on any atom is 0.205 e. The van der Waals surface area contributed by atoms with E-state index in [1.807, 2.05) is 0 Å². The highest BCUT2D eigenvalue weighted by atomic mass is 16.5. The molecule has 0 aliphatic carbocycles. The maximum absolute atomic E-state index is 9.51. The summed E-state index contributed by atoms with van der Waals surface area (Å²) >= 11 is 0. The van der Waals surface area contributed by atoms with Gasteiger partial charge in [0.15, 0.2) is 0 Å². The summed E-state index contributed by atoms with van der Waals surface area (Å²) in [6, 6.07) is 3.08. The van der Waals surface area contributed by atoms with Gasteiger partial charge in [-0.05, 0) is 18.9 Å². The number of unbranched alkanes of at least 4 members (excludes halogenated alkanes) is 30. The van der Waals surface area contributed by atoms with E-state index in [4.69, 9.17) is 26.9 Å². The molecule has 5 N–H and O–H groups in total. The number of nitrogens with two attached hydrogens (primary N) is 1. The molecule has 0 aliphatic heterocycles. The molecule has 0 spiro atoms. The highest BCUT2D eigenvalue weighted by molar-refractivity contribution is 5.48. The van der Waals surface area contributed by atoms with E-state index in [0.29, 0.717) is 24.7 Å². The molecule has 0 radical (unpaired) electrons. The molecule has 1 aromatic rings. The Morgan fingerprint density at radius 3 is 1.21 bits per heavy atom. The molecule has 0 fully saturated rings. The van der Waals surface area contributed by atoms with Gasteiger partial charge in [0.25, 0.3) is 0 Å². The predicted octanol–water partition coefficient (Wildman–Crippen LogP) is 13.3. The summed E-state index contributed by atoms with van der Waals surface area (Å²) in [5.41, 5.74) is 6.08. The Morgan fingerprint density at radius 1 is 0.554 bits per heavy atom. The number of hydrogen-bond donors (Lipinski definition) is 4. The first-order valence-corrected chi connectivity index (χ1v) is 23.8. The maximum atomic E-state index is 9.51. The van der Waals surface area contributed by atoms with Crippen LogP contribution in [0.5, 0.6) is 0 Å². The van der Waals surface area contributed by atoms with Crippen molar-refractivity contribution in [1.29, 1.82) is 0 Å². The Bertz CT molecular complexity index is 929. The van der Waals surface area contributed by atoms with E-state index in [9.17, 15) is 5.11 Å². The molecule has 2 atom stereocenters. The lowest BCUT2D eigenvalue weighted by Gasteiger charge is -2.17. The number of aromatic nitrogens is 1. The van der Waals surface area contributed by atoms with Crippen LogP contribution in [-0.4, -0.2) is 66.9 Å². The minimum absolute atomic E-state index is 0.00872. The van der Waals surface area contributed by atoms with E-state index in [0.717, 1.165) is 26.1 Å². The highest BCUT2D eigenvalue weighted by Gasteiger charge is 2.08. The first kappa shape index (κ1) is 54.2. The van der Waals surface area contributed by atoms with E-state index >= 15 is 0 Å². The Kier molecular flexibility index (Phi) is 44.5. The Morgan fingerprint density at radius 2 is 0.911 bits per heavy atom. The average Bonchev–Trinajstić information content (AvgIpc) is 3.22. The molecule has 0 aliphatic rings. The molecule has 0 amide bonds. The topological polar surface area (TPSA) is 114 Å². The van der Waals surface area contributed by atoms with Crippen molar-refractivity contribution in [1.82, 2.24) is 4.98 Å². The number of nitrogens with one attached hydrogen (secondary N) is 1. The SMILES string of the molecule is CCCCCCCCCCCCCCCCCCOC[C@@H](N)CO.[C-]#[N+]c1ccc(N[C@@H](CO)COCCCCCCCCCCCCCCCCCC)nc1. The number of nitrogens with zero attached hydrogens (tertiary/aromatic N) is 2. The second-order valence-electron chi connectivity index (χ2n) is 16.2. The van der Waals surface area contributed by atoms with Gasteiger partial charge in [0, 0.05) is 19.4 Å². The van der Waals surface area contributed by atoms with E-state index in [1.54, 1.807) is 12.1 Å². The molecule has 0 unspecified atom stereocenters. The molecule has 0 bridgehead atoms. The van der Waals surface area contributed by atoms with Crippen molar-refractivity contribution >= 4 is 11.5 Å². The average molecular weight is 789 g/mol. The summed E-state index contributed by atoms with van der Waals surface area (Å²) in [7, 11) is 0.